The van der Waals surface area contributed by atoms with Crippen molar-refractivity contribution in [1.29, 1.82) is 0 Å². The monoisotopic (exact) mass is 303 g/mol. The molecule has 1 aliphatic carbocycles. The molecule has 2 fully saturated rings. The Morgan fingerprint density at radius 1 is 1.18 bits per heavy atom. The summed E-state index contributed by atoms with van der Waals surface area (Å²) in [5.41, 5.74) is 1.01. The van der Waals surface area contributed by atoms with Crippen LogP contribution in [-0.2, 0) is 6.54 Å². The van der Waals surface area contributed by atoms with E-state index in [4.69, 9.17) is 0 Å². The number of rotatable bonds is 4. The van der Waals surface area contributed by atoms with Crippen LogP contribution in [0.1, 0.15) is 64.0 Å². The van der Waals surface area contributed by atoms with Crippen LogP contribution in [0.3, 0.4) is 0 Å². The Morgan fingerprint density at radius 2 is 1.86 bits per heavy atom. The summed E-state index contributed by atoms with van der Waals surface area (Å²) in [6.07, 6.45) is 9.79. The van der Waals surface area contributed by atoms with E-state index in [2.05, 4.69) is 23.7 Å². The lowest BCUT2D eigenvalue weighted by atomic mass is 9.95. The summed E-state index contributed by atoms with van der Waals surface area (Å²) in [5.74, 6) is 0.944. The minimum Gasteiger partial charge on any atom is -0.300 e. The van der Waals surface area contributed by atoms with Crippen LogP contribution in [0.15, 0.2) is 17.2 Å². The Labute approximate surface area is 133 Å². The number of hydrogen-bond donors (Lipinski definition) is 0. The van der Waals surface area contributed by atoms with Gasteiger partial charge in [0.2, 0.25) is 0 Å². The average Bonchev–Trinajstić information content (AvgIpc) is 3.04. The van der Waals surface area contributed by atoms with E-state index in [0.29, 0.717) is 11.8 Å². The van der Waals surface area contributed by atoms with Crippen LogP contribution in [0.4, 0.5) is 0 Å². The fourth-order valence-electron chi connectivity index (χ4n) is 3.94. The topological polar surface area (TPSA) is 38.1 Å². The molecule has 0 spiro atoms. The summed E-state index contributed by atoms with van der Waals surface area (Å²) in [7, 11) is 0. The molecule has 0 amide bonds. The van der Waals surface area contributed by atoms with Crippen LogP contribution in [0.2, 0.25) is 0 Å². The molecular weight excluding hydrogens is 274 g/mol. The minimum atomic E-state index is 0.108. The quantitative estimate of drug-likeness (QED) is 0.858. The molecule has 4 heteroatoms. The highest BCUT2D eigenvalue weighted by Gasteiger charge is 2.27. The van der Waals surface area contributed by atoms with E-state index in [1.54, 1.807) is 12.4 Å². The lowest BCUT2D eigenvalue weighted by molar-refractivity contribution is 0.127. The normalized spacial score (nSPS) is 21.8. The first kappa shape index (κ1) is 15.7. The van der Waals surface area contributed by atoms with Gasteiger partial charge in [0.15, 0.2) is 0 Å². The Kier molecular flexibility index (Phi) is 4.97. The Balaban J connectivity index is 1.55. The van der Waals surface area contributed by atoms with E-state index in [-0.39, 0.29) is 5.56 Å². The van der Waals surface area contributed by atoms with E-state index in [0.717, 1.165) is 18.3 Å². The lowest BCUT2D eigenvalue weighted by Crippen LogP contribution is -2.41. The van der Waals surface area contributed by atoms with Crippen LogP contribution in [-0.4, -0.2) is 33.6 Å². The second-order valence-electron chi connectivity index (χ2n) is 7.38. The molecule has 1 aromatic heterocycles. The predicted octanol–water partition coefficient (Wildman–Crippen LogP) is 3.02. The first-order chi connectivity index (χ1) is 10.6. The van der Waals surface area contributed by atoms with Crippen molar-refractivity contribution in [2.45, 2.75) is 70.9 Å². The Hall–Kier alpha value is -1.16. The molecule has 1 saturated carbocycles. The van der Waals surface area contributed by atoms with Crippen LogP contribution in [0.25, 0.3) is 0 Å². The molecule has 0 unspecified atom stereocenters. The highest BCUT2D eigenvalue weighted by molar-refractivity contribution is 5.04. The molecule has 0 bridgehead atoms. The maximum Gasteiger partial charge on any atom is 0.253 e. The maximum absolute atomic E-state index is 12.2. The minimum absolute atomic E-state index is 0.108. The first-order valence-corrected chi connectivity index (χ1v) is 8.94. The number of aromatic nitrogens is 2. The summed E-state index contributed by atoms with van der Waals surface area (Å²) >= 11 is 0. The second-order valence-corrected chi connectivity index (χ2v) is 7.38. The molecule has 4 nitrogen and oxygen atoms in total. The Morgan fingerprint density at radius 3 is 2.45 bits per heavy atom. The summed E-state index contributed by atoms with van der Waals surface area (Å²) in [5, 5.41) is 0. The zero-order valence-electron chi connectivity index (χ0n) is 14.0. The zero-order chi connectivity index (χ0) is 15.5. The largest absolute Gasteiger partial charge is 0.300 e. The van der Waals surface area contributed by atoms with Crippen molar-refractivity contribution < 1.29 is 0 Å². The third-order valence-electron chi connectivity index (χ3n) is 5.44. The molecule has 1 aromatic rings. The van der Waals surface area contributed by atoms with Crippen molar-refractivity contribution in [3.05, 3.63) is 28.4 Å². The van der Waals surface area contributed by atoms with Gasteiger partial charge >= 0.3 is 0 Å². The van der Waals surface area contributed by atoms with E-state index >= 15 is 0 Å². The van der Waals surface area contributed by atoms with Gasteiger partial charge in [-0.3, -0.25) is 9.36 Å². The summed E-state index contributed by atoms with van der Waals surface area (Å²) in [6, 6.07) is 2.55. The van der Waals surface area contributed by atoms with Gasteiger partial charge in [-0.15, -0.1) is 0 Å². The molecule has 0 atom stereocenters. The summed E-state index contributed by atoms with van der Waals surface area (Å²) in [6.45, 7) is 7.40. The van der Waals surface area contributed by atoms with Crippen LogP contribution >= 0.6 is 0 Å². The fourth-order valence-corrected chi connectivity index (χ4v) is 3.94. The van der Waals surface area contributed by atoms with Crippen LogP contribution < -0.4 is 5.56 Å². The highest BCUT2D eigenvalue weighted by atomic mass is 16.1. The molecule has 0 N–H and O–H groups in total. The molecule has 3 rings (SSSR count). The third kappa shape index (κ3) is 3.60. The van der Waals surface area contributed by atoms with E-state index in [1.807, 2.05) is 4.57 Å². The highest BCUT2D eigenvalue weighted by Crippen LogP contribution is 2.28. The van der Waals surface area contributed by atoms with Gasteiger partial charge < -0.3 is 4.90 Å². The van der Waals surface area contributed by atoms with Gasteiger partial charge in [0, 0.05) is 18.7 Å². The summed E-state index contributed by atoms with van der Waals surface area (Å²) in [4.78, 5) is 19.3. The fraction of sp³-hybridized carbons (Fsp3) is 0.778. The standard InChI is InChI=1S/C18H29N3O/c1-14(2)17-11-18(22)21(13-19-17)12-15-7-9-20(10-8-15)16-5-3-4-6-16/h11,13-16H,3-10,12H2,1-2H3. The molecule has 1 saturated heterocycles. The predicted molar refractivity (Wildman–Crippen MR) is 89.1 cm³/mol. The van der Waals surface area contributed by atoms with Crippen molar-refractivity contribution in [2.24, 2.45) is 5.92 Å². The van der Waals surface area contributed by atoms with E-state index < -0.39 is 0 Å². The van der Waals surface area contributed by atoms with Gasteiger partial charge in [-0.05, 0) is 50.6 Å². The van der Waals surface area contributed by atoms with Gasteiger partial charge in [0.25, 0.3) is 5.56 Å². The zero-order valence-corrected chi connectivity index (χ0v) is 14.0. The third-order valence-corrected chi connectivity index (χ3v) is 5.44. The van der Waals surface area contributed by atoms with Crippen molar-refractivity contribution in [1.82, 2.24) is 14.5 Å². The van der Waals surface area contributed by atoms with E-state index in [1.165, 1.54) is 51.6 Å². The Bertz CT molecular complexity index is 538. The molecule has 0 radical (unpaired) electrons. The molecular formula is C18H29N3O. The van der Waals surface area contributed by atoms with Gasteiger partial charge in [-0.25, -0.2) is 4.98 Å². The molecule has 2 heterocycles. The second kappa shape index (κ2) is 6.95. The molecule has 0 aromatic carbocycles. The van der Waals surface area contributed by atoms with Crippen molar-refractivity contribution in [2.75, 3.05) is 13.1 Å². The number of hydrogen-bond acceptors (Lipinski definition) is 3. The van der Waals surface area contributed by atoms with Crippen molar-refractivity contribution in [3.8, 4) is 0 Å². The number of nitrogens with zero attached hydrogens (tertiary/aromatic N) is 3. The van der Waals surface area contributed by atoms with Crippen molar-refractivity contribution >= 4 is 0 Å². The van der Waals surface area contributed by atoms with E-state index in [9.17, 15) is 4.79 Å². The van der Waals surface area contributed by atoms with Gasteiger partial charge in [-0.2, -0.15) is 0 Å². The van der Waals surface area contributed by atoms with Crippen LogP contribution in [0.5, 0.6) is 0 Å². The SMILES string of the molecule is CC(C)c1cc(=O)n(CC2CCN(C3CCCC3)CC2)cn1. The maximum atomic E-state index is 12.2. The smallest absolute Gasteiger partial charge is 0.253 e. The lowest BCUT2D eigenvalue weighted by Gasteiger charge is -2.36. The number of piperidine rings is 1. The molecule has 2 aliphatic rings. The van der Waals surface area contributed by atoms with Gasteiger partial charge in [-0.1, -0.05) is 26.7 Å². The molecule has 1 aliphatic heterocycles. The number of likely N-dealkylation sites (tertiary alicyclic amines) is 1. The first-order valence-electron chi connectivity index (χ1n) is 8.94. The van der Waals surface area contributed by atoms with Crippen LogP contribution in [0, 0.1) is 5.92 Å². The van der Waals surface area contributed by atoms with Crippen molar-refractivity contribution in [3.63, 3.8) is 0 Å². The average molecular weight is 303 g/mol. The summed E-state index contributed by atoms with van der Waals surface area (Å²) < 4.78 is 1.81. The molecule has 122 valence electrons. The molecule has 22 heavy (non-hydrogen) atoms. The van der Waals surface area contributed by atoms with Gasteiger partial charge in [0.1, 0.15) is 0 Å². The van der Waals surface area contributed by atoms with Gasteiger partial charge in [0.05, 0.1) is 12.0 Å².